The first-order valence-corrected chi connectivity index (χ1v) is 9.74. The van der Waals surface area contributed by atoms with Gasteiger partial charge in [0, 0.05) is 12.1 Å². The summed E-state index contributed by atoms with van der Waals surface area (Å²) in [5.74, 6) is 3.58. The molecule has 1 aromatic carbocycles. The molecule has 3 heterocycles. The molecule has 0 amide bonds. The highest BCUT2D eigenvalue weighted by atomic mass is 16.7. The van der Waals surface area contributed by atoms with Gasteiger partial charge in [-0.3, -0.25) is 4.90 Å². The number of hydrogen-bond acceptors (Lipinski definition) is 7. The zero-order valence-electron chi connectivity index (χ0n) is 16.9. The third-order valence-corrected chi connectivity index (χ3v) is 5.76. The van der Waals surface area contributed by atoms with Crippen molar-refractivity contribution >= 4 is 0 Å². The van der Waals surface area contributed by atoms with Crippen LogP contribution in [0.15, 0.2) is 16.5 Å². The van der Waals surface area contributed by atoms with E-state index in [4.69, 9.17) is 23.6 Å². The van der Waals surface area contributed by atoms with Gasteiger partial charge in [-0.15, -0.1) is 0 Å². The van der Waals surface area contributed by atoms with Crippen LogP contribution in [-0.4, -0.2) is 47.6 Å². The molecule has 0 unspecified atom stereocenters. The molecule has 0 radical (unpaired) electrons. The molecule has 7 nitrogen and oxygen atoms in total. The lowest BCUT2D eigenvalue weighted by atomic mass is 9.83. The average molecular weight is 388 g/mol. The van der Waals surface area contributed by atoms with Gasteiger partial charge in [-0.05, 0) is 64.8 Å². The van der Waals surface area contributed by atoms with Gasteiger partial charge in [-0.1, -0.05) is 0 Å². The number of hydrogen-bond donors (Lipinski definition) is 1. The third kappa shape index (κ3) is 3.69. The van der Waals surface area contributed by atoms with Crippen LogP contribution in [-0.2, 0) is 6.54 Å². The number of oxazole rings is 1. The van der Waals surface area contributed by atoms with Crippen molar-refractivity contribution in [1.29, 1.82) is 0 Å². The van der Waals surface area contributed by atoms with Crippen molar-refractivity contribution in [3.63, 3.8) is 0 Å². The summed E-state index contributed by atoms with van der Waals surface area (Å²) in [5, 5.41) is 10.2. The van der Waals surface area contributed by atoms with Crippen molar-refractivity contribution < 1.29 is 23.7 Å². The molecule has 0 atom stereocenters. The highest BCUT2D eigenvalue weighted by Gasteiger charge is 2.31. The van der Waals surface area contributed by atoms with Gasteiger partial charge >= 0.3 is 0 Å². The molecular weight excluding hydrogens is 360 g/mol. The van der Waals surface area contributed by atoms with E-state index in [0.29, 0.717) is 29.1 Å². The van der Waals surface area contributed by atoms with Crippen LogP contribution in [0.4, 0.5) is 0 Å². The average Bonchev–Trinajstić information content (AvgIpc) is 3.27. The van der Waals surface area contributed by atoms with Crippen molar-refractivity contribution in [2.24, 2.45) is 5.92 Å². The molecule has 0 spiro atoms. The summed E-state index contributed by atoms with van der Waals surface area (Å²) in [6.07, 6.45) is 1.99. The number of piperidine rings is 1. The summed E-state index contributed by atoms with van der Waals surface area (Å²) in [6, 6.07) is 3.73. The summed E-state index contributed by atoms with van der Waals surface area (Å²) >= 11 is 0. The van der Waals surface area contributed by atoms with Crippen molar-refractivity contribution in [3.05, 3.63) is 23.6 Å². The molecule has 1 aromatic heterocycles. The number of rotatable bonds is 5. The molecule has 0 bridgehead atoms. The Morgan fingerprint density at radius 1 is 1.25 bits per heavy atom. The Morgan fingerprint density at radius 3 is 2.68 bits per heavy atom. The fourth-order valence-electron chi connectivity index (χ4n) is 3.96. The molecule has 2 aliphatic rings. The van der Waals surface area contributed by atoms with Crippen LogP contribution in [0.3, 0.4) is 0 Å². The summed E-state index contributed by atoms with van der Waals surface area (Å²) in [4.78, 5) is 7.11. The summed E-state index contributed by atoms with van der Waals surface area (Å²) < 4.78 is 22.3. The number of aromatic nitrogens is 1. The standard InChI is InChI=1S/C21H28N2O5/c1-13-16(11-23-7-5-15(6-8-23)21(2,3)24)22-20(28-13)14-9-17(25-4)19-18(10-14)26-12-27-19/h9-10,15,24H,5-8,11-12H2,1-4H3. The van der Waals surface area contributed by atoms with E-state index >= 15 is 0 Å². The van der Waals surface area contributed by atoms with Gasteiger partial charge in [0.2, 0.25) is 18.4 Å². The largest absolute Gasteiger partial charge is 0.493 e. The maximum atomic E-state index is 10.2. The van der Waals surface area contributed by atoms with Gasteiger partial charge in [-0.25, -0.2) is 4.98 Å². The lowest BCUT2D eigenvalue weighted by Crippen LogP contribution is -2.41. The second kappa shape index (κ2) is 7.29. The molecule has 1 fully saturated rings. The first-order valence-electron chi connectivity index (χ1n) is 9.74. The molecule has 28 heavy (non-hydrogen) atoms. The molecule has 0 saturated carbocycles. The minimum atomic E-state index is -0.610. The monoisotopic (exact) mass is 388 g/mol. The number of aryl methyl sites for hydroxylation is 1. The van der Waals surface area contributed by atoms with Crippen molar-refractivity contribution in [2.75, 3.05) is 27.0 Å². The molecule has 152 valence electrons. The Kier molecular flexibility index (Phi) is 4.97. The Balaban J connectivity index is 1.49. The van der Waals surface area contributed by atoms with Crippen LogP contribution in [0.25, 0.3) is 11.5 Å². The van der Waals surface area contributed by atoms with Crippen LogP contribution in [0.2, 0.25) is 0 Å². The third-order valence-electron chi connectivity index (χ3n) is 5.76. The SMILES string of the molecule is COc1cc(-c2nc(CN3CCC(C(C)(C)O)CC3)c(C)o2)cc2c1OCO2. The maximum absolute atomic E-state index is 10.2. The lowest BCUT2D eigenvalue weighted by molar-refractivity contribution is -0.0137. The van der Waals surface area contributed by atoms with E-state index < -0.39 is 5.60 Å². The molecule has 4 rings (SSSR count). The minimum Gasteiger partial charge on any atom is -0.493 e. The van der Waals surface area contributed by atoms with Crippen molar-refractivity contribution in [2.45, 2.75) is 45.8 Å². The molecule has 1 N–H and O–H groups in total. The summed E-state index contributed by atoms with van der Waals surface area (Å²) in [7, 11) is 1.60. The maximum Gasteiger partial charge on any atom is 0.231 e. The van der Waals surface area contributed by atoms with E-state index in [-0.39, 0.29) is 6.79 Å². The topological polar surface area (TPSA) is 77.2 Å². The highest BCUT2D eigenvalue weighted by Crippen LogP contribution is 2.44. The normalized spacial score (nSPS) is 17.9. The van der Waals surface area contributed by atoms with Gasteiger partial charge in [0.1, 0.15) is 5.76 Å². The minimum absolute atomic E-state index is 0.186. The Bertz CT molecular complexity index is 847. The van der Waals surface area contributed by atoms with E-state index in [2.05, 4.69) is 4.90 Å². The number of likely N-dealkylation sites (tertiary alicyclic amines) is 1. The van der Waals surface area contributed by atoms with Crippen LogP contribution >= 0.6 is 0 Å². The van der Waals surface area contributed by atoms with E-state index in [1.54, 1.807) is 7.11 Å². The molecule has 2 aromatic rings. The number of benzene rings is 1. The zero-order chi connectivity index (χ0) is 19.9. The van der Waals surface area contributed by atoms with E-state index in [1.165, 1.54) is 0 Å². The summed E-state index contributed by atoms with van der Waals surface area (Å²) in [5.41, 5.74) is 1.13. The van der Waals surface area contributed by atoms with Gasteiger partial charge in [-0.2, -0.15) is 0 Å². The number of fused-ring (bicyclic) bond motifs is 1. The van der Waals surface area contributed by atoms with E-state index in [1.807, 2.05) is 32.9 Å². The molecule has 1 saturated heterocycles. The number of nitrogens with zero attached hydrogens (tertiary/aromatic N) is 2. The molecular formula is C21H28N2O5. The quantitative estimate of drug-likeness (QED) is 0.841. The van der Waals surface area contributed by atoms with Crippen LogP contribution in [0.5, 0.6) is 17.2 Å². The van der Waals surface area contributed by atoms with Gasteiger partial charge in [0.05, 0.1) is 18.4 Å². The zero-order valence-corrected chi connectivity index (χ0v) is 16.9. The van der Waals surface area contributed by atoms with Gasteiger partial charge in [0.25, 0.3) is 0 Å². The predicted molar refractivity (Wildman–Crippen MR) is 104 cm³/mol. The predicted octanol–water partition coefficient (Wildman–Crippen LogP) is 3.37. The number of aliphatic hydroxyl groups is 1. The van der Waals surface area contributed by atoms with E-state index in [0.717, 1.165) is 49.5 Å². The molecule has 2 aliphatic heterocycles. The lowest BCUT2D eigenvalue weighted by Gasteiger charge is -2.37. The van der Waals surface area contributed by atoms with Gasteiger partial charge in [0.15, 0.2) is 11.5 Å². The first kappa shape index (κ1) is 19.1. The second-order valence-electron chi connectivity index (χ2n) is 8.14. The number of ether oxygens (including phenoxy) is 3. The Labute approximate surface area is 165 Å². The fraction of sp³-hybridized carbons (Fsp3) is 0.571. The van der Waals surface area contributed by atoms with E-state index in [9.17, 15) is 5.11 Å². The Morgan fingerprint density at radius 2 is 2.00 bits per heavy atom. The molecule has 7 heteroatoms. The van der Waals surface area contributed by atoms with Crippen LogP contribution in [0.1, 0.15) is 38.1 Å². The van der Waals surface area contributed by atoms with Crippen LogP contribution in [0, 0.1) is 12.8 Å². The molecule has 0 aliphatic carbocycles. The van der Waals surface area contributed by atoms with Crippen LogP contribution < -0.4 is 14.2 Å². The second-order valence-corrected chi connectivity index (χ2v) is 8.14. The first-order chi connectivity index (χ1) is 13.3. The van der Waals surface area contributed by atoms with Crippen molar-refractivity contribution in [3.8, 4) is 28.7 Å². The Hall–Kier alpha value is -2.25. The summed E-state index contributed by atoms with van der Waals surface area (Å²) in [6.45, 7) is 8.59. The van der Waals surface area contributed by atoms with Gasteiger partial charge < -0.3 is 23.7 Å². The van der Waals surface area contributed by atoms with Crippen molar-refractivity contribution in [1.82, 2.24) is 9.88 Å². The number of methoxy groups -OCH3 is 1. The highest BCUT2D eigenvalue weighted by molar-refractivity contribution is 5.66. The smallest absolute Gasteiger partial charge is 0.231 e. The fourth-order valence-corrected chi connectivity index (χ4v) is 3.96.